The molecule has 1 saturated heterocycles. The Labute approximate surface area is 151 Å². The molecule has 0 unspecified atom stereocenters. The van der Waals surface area contributed by atoms with Gasteiger partial charge in [0.15, 0.2) is 0 Å². The summed E-state index contributed by atoms with van der Waals surface area (Å²) in [5.74, 6) is 0.604. The zero-order valence-electron chi connectivity index (χ0n) is 13.8. The fraction of sp³-hybridized carbons (Fsp3) is 0.316. The van der Waals surface area contributed by atoms with Crippen molar-refractivity contribution in [1.82, 2.24) is 19.9 Å². The van der Waals surface area contributed by atoms with E-state index >= 15 is 0 Å². The van der Waals surface area contributed by atoms with Crippen molar-refractivity contribution in [3.8, 4) is 5.88 Å². The zero-order valence-corrected chi connectivity index (χ0v) is 14.6. The number of nitrogens with zero attached hydrogens (tertiary/aromatic N) is 4. The number of para-hydroxylation sites is 1. The molecular formula is C19H19ClN4O. The standard InChI is InChI=1S/C19H19ClN4O/c20-17-3-1-2-14-4-5-15(23-19(14)17)13-24-10-6-16(7-11-24)25-18-12-21-8-9-22-18/h1-5,8-9,12,16H,6-7,10-11,13H2. The molecule has 1 aliphatic rings. The van der Waals surface area contributed by atoms with Gasteiger partial charge in [0.05, 0.1) is 22.4 Å². The maximum atomic E-state index is 6.26. The second kappa shape index (κ2) is 7.33. The van der Waals surface area contributed by atoms with Gasteiger partial charge in [0.1, 0.15) is 6.10 Å². The van der Waals surface area contributed by atoms with Gasteiger partial charge in [0.2, 0.25) is 5.88 Å². The first kappa shape index (κ1) is 16.2. The van der Waals surface area contributed by atoms with Gasteiger partial charge in [-0.05, 0) is 25.0 Å². The van der Waals surface area contributed by atoms with Gasteiger partial charge in [-0.3, -0.25) is 9.88 Å². The van der Waals surface area contributed by atoms with Crippen LogP contribution in [0.2, 0.25) is 5.02 Å². The van der Waals surface area contributed by atoms with E-state index in [0.29, 0.717) is 10.9 Å². The molecule has 0 aliphatic carbocycles. The third-order valence-electron chi connectivity index (χ3n) is 4.48. The first-order valence-electron chi connectivity index (χ1n) is 8.47. The Balaban J connectivity index is 1.36. The minimum atomic E-state index is 0.201. The normalized spacial score (nSPS) is 16.2. The minimum absolute atomic E-state index is 0.201. The minimum Gasteiger partial charge on any atom is -0.473 e. The van der Waals surface area contributed by atoms with Gasteiger partial charge in [-0.1, -0.05) is 29.8 Å². The Bertz CT molecular complexity index is 850. The second-order valence-electron chi connectivity index (χ2n) is 6.25. The maximum Gasteiger partial charge on any atom is 0.232 e. The molecule has 6 heteroatoms. The van der Waals surface area contributed by atoms with Gasteiger partial charge in [0.25, 0.3) is 0 Å². The number of fused-ring (bicyclic) bond motifs is 1. The number of ether oxygens (including phenoxy) is 1. The molecule has 0 amide bonds. The average molecular weight is 355 g/mol. The predicted octanol–water partition coefficient (Wildman–Crippen LogP) is 3.72. The van der Waals surface area contributed by atoms with E-state index in [1.165, 1.54) is 0 Å². The maximum absolute atomic E-state index is 6.26. The van der Waals surface area contributed by atoms with E-state index in [1.54, 1.807) is 18.6 Å². The summed E-state index contributed by atoms with van der Waals surface area (Å²) < 4.78 is 5.89. The molecule has 2 aromatic heterocycles. The number of aromatic nitrogens is 3. The highest BCUT2D eigenvalue weighted by Gasteiger charge is 2.21. The van der Waals surface area contributed by atoms with Gasteiger partial charge in [-0.2, -0.15) is 0 Å². The molecule has 0 N–H and O–H groups in total. The SMILES string of the molecule is Clc1cccc2ccc(CN3CCC(Oc4cnccn4)CC3)nc12. The predicted molar refractivity (Wildman–Crippen MR) is 97.7 cm³/mol. The number of hydrogen-bond acceptors (Lipinski definition) is 5. The topological polar surface area (TPSA) is 51.1 Å². The quantitative estimate of drug-likeness (QED) is 0.714. The molecule has 0 radical (unpaired) electrons. The number of likely N-dealkylation sites (tertiary alicyclic amines) is 1. The molecule has 0 saturated carbocycles. The van der Waals surface area contributed by atoms with E-state index in [2.05, 4.69) is 27.0 Å². The lowest BCUT2D eigenvalue weighted by Gasteiger charge is -2.31. The fourth-order valence-corrected chi connectivity index (χ4v) is 3.39. The van der Waals surface area contributed by atoms with E-state index in [4.69, 9.17) is 21.3 Å². The summed E-state index contributed by atoms with van der Waals surface area (Å²) in [4.78, 5) is 15.3. The smallest absolute Gasteiger partial charge is 0.232 e. The lowest BCUT2D eigenvalue weighted by molar-refractivity contribution is 0.0923. The van der Waals surface area contributed by atoms with E-state index in [9.17, 15) is 0 Å². The highest BCUT2D eigenvalue weighted by molar-refractivity contribution is 6.35. The van der Waals surface area contributed by atoms with Crippen LogP contribution < -0.4 is 4.74 Å². The van der Waals surface area contributed by atoms with Gasteiger partial charge in [0, 0.05) is 37.4 Å². The summed E-state index contributed by atoms with van der Waals surface area (Å²) >= 11 is 6.26. The van der Waals surface area contributed by atoms with Gasteiger partial charge < -0.3 is 4.74 Å². The van der Waals surface area contributed by atoms with Crippen LogP contribution in [0, 0.1) is 0 Å². The molecule has 1 fully saturated rings. The molecule has 3 heterocycles. The summed E-state index contributed by atoms with van der Waals surface area (Å²) in [5, 5.41) is 1.78. The Morgan fingerprint density at radius 1 is 1.12 bits per heavy atom. The van der Waals surface area contributed by atoms with Crippen molar-refractivity contribution in [1.29, 1.82) is 0 Å². The Morgan fingerprint density at radius 2 is 2.00 bits per heavy atom. The first-order chi connectivity index (χ1) is 12.3. The second-order valence-corrected chi connectivity index (χ2v) is 6.66. The Morgan fingerprint density at radius 3 is 2.80 bits per heavy atom. The van der Waals surface area contributed by atoms with Crippen LogP contribution in [-0.2, 0) is 6.54 Å². The van der Waals surface area contributed by atoms with Crippen LogP contribution >= 0.6 is 11.6 Å². The van der Waals surface area contributed by atoms with Crippen molar-refractivity contribution in [2.75, 3.05) is 13.1 Å². The van der Waals surface area contributed by atoms with Gasteiger partial charge in [-0.15, -0.1) is 0 Å². The van der Waals surface area contributed by atoms with Crippen LogP contribution in [0.25, 0.3) is 10.9 Å². The largest absolute Gasteiger partial charge is 0.473 e. The van der Waals surface area contributed by atoms with Crippen LogP contribution in [-0.4, -0.2) is 39.0 Å². The average Bonchev–Trinajstić information content (AvgIpc) is 2.65. The van der Waals surface area contributed by atoms with Gasteiger partial charge >= 0.3 is 0 Å². The molecule has 5 nitrogen and oxygen atoms in total. The van der Waals surface area contributed by atoms with E-state index in [1.807, 2.05) is 18.2 Å². The first-order valence-corrected chi connectivity index (χ1v) is 8.85. The number of piperidine rings is 1. The van der Waals surface area contributed by atoms with Crippen LogP contribution in [0.4, 0.5) is 0 Å². The third kappa shape index (κ3) is 3.89. The highest BCUT2D eigenvalue weighted by Crippen LogP contribution is 2.23. The summed E-state index contributed by atoms with van der Waals surface area (Å²) in [6.07, 6.45) is 7.12. The van der Waals surface area contributed by atoms with Crippen molar-refractivity contribution in [2.24, 2.45) is 0 Å². The van der Waals surface area contributed by atoms with Crippen molar-refractivity contribution >= 4 is 22.5 Å². The zero-order chi connectivity index (χ0) is 17.1. The molecule has 25 heavy (non-hydrogen) atoms. The monoisotopic (exact) mass is 354 g/mol. The molecule has 0 bridgehead atoms. The summed E-state index contributed by atoms with van der Waals surface area (Å²) in [7, 11) is 0. The number of hydrogen-bond donors (Lipinski definition) is 0. The van der Waals surface area contributed by atoms with Crippen molar-refractivity contribution in [2.45, 2.75) is 25.5 Å². The van der Waals surface area contributed by atoms with Gasteiger partial charge in [-0.25, -0.2) is 9.97 Å². The molecular weight excluding hydrogens is 336 g/mol. The van der Waals surface area contributed by atoms with Crippen LogP contribution in [0.3, 0.4) is 0 Å². The van der Waals surface area contributed by atoms with E-state index in [-0.39, 0.29) is 6.10 Å². The Hall–Kier alpha value is -2.24. The molecule has 4 rings (SSSR count). The molecule has 128 valence electrons. The van der Waals surface area contributed by atoms with Crippen LogP contribution in [0.5, 0.6) is 5.88 Å². The van der Waals surface area contributed by atoms with E-state index < -0.39 is 0 Å². The van der Waals surface area contributed by atoms with Crippen molar-refractivity contribution in [3.63, 3.8) is 0 Å². The molecule has 1 aromatic carbocycles. The lowest BCUT2D eigenvalue weighted by atomic mass is 10.1. The highest BCUT2D eigenvalue weighted by atomic mass is 35.5. The van der Waals surface area contributed by atoms with Crippen molar-refractivity contribution in [3.05, 3.63) is 59.6 Å². The lowest BCUT2D eigenvalue weighted by Crippen LogP contribution is -2.38. The third-order valence-corrected chi connectivity index (χ3v) is 4.78. The number of halogens is 1. The van der Waals surface area contributed by atoms with Crippen LogP contribution in [0.1, 0.15) is 18.5 Å². The Kier molecular flexibility index (Phi) is 4.76. The molecule has 3 aromatic rings. The van der Waals surface area contributed by atoms with Crippen LogP contribution in [0.15, 0.2) is 48.9 Å². The molecule has 0 atom stereocenters. The number of benzene rings is 1. The van der Waals surface area contributed by atoms with Crippen molar-refractivity contribution < 1.29 is 4.74 Å². The summed E-state index contributed by atoms with van der Waals surface area (Å²) in [5.41, 5.74) is 1.93. The number of pyridine rings is 1. The fourth-order valence-electron chi connectivity index (χ4n) is 3.17. The summed E-state index contributed by atoms with van der Waals surface area (Å²) in [6.45, 7) is 2.79. The molecule has 0 spiro atoms. The van der Waals surface area contributed by atoms with E-state index in [0.717, 1.165) is 49.1 Å². The molecule has 1 aliphatic heterocycles. The summed E-state index contributed by atoms with van der Waals surface area (Å²) in [6, 6.07) is 10.0. The number of rotatable bonds is 4.